The number of benzene rings is 2. The monoisotopic (exact) mass is 432 g/mol. The van der Waals surface area contributed by atoms with Crippen LogP contribution >= 0.6 is 0 Å². The van der Waals surface area contributed by atoms with Gasteiger partial charge >= 0.3 is 0 Å². The number of ether oxygens (including phenoxy) is 1. The molecule has 0 aliphatic carbocycles. The van der Waals surface area contributed by atoms with Crippen LogP contribution in [0.25, 0.3) is 0 Å². The van der Waals surface area contributed by atoms with E-state index in [1.807, 2.05) is 56.3 Å². The van der Waals surface area contributed by atoms with Gasteiger partial charge in [0.15, 0.2) is 0 Å². The Morgan fingerprint density at radius 3 is 2.43 bits per heavy atom. The van der Waals surface area contributed by atoms with Crippen molar-refractivity contribution in [2.24, 2.45) is 0 Å². The molecule has 1 amide bonds. The molecule has 30 heavy (non-hydrogen) atoms. The summed E-state index contributed by atoms with van der Waals surface area (Å²) < 4.78 is 31.4. The molecular formula is C23H32N2O4S. The Kier molecular flexibility index (Phi) is 8.72. The highest BCUT2D eigenvalue weighted by molar-refractivity contribution is 7.92. The van der Waals surface area contributed by atoms with Gasteiger partial charge in [-0.1, -0.05) is 31.2 Å². The second kappa shape index (κ2) is 11.0. The molecule has 0 saturated heterocycles. The molecule has 0 fully saturated rings. The van der Waals surface area contributed by atoms with Crippen molar-refractivity contribution in [3.8, 4) is 5.75 Å². The van der Waals surface area contributed by atoms with Crippen LogP contribution in [-0.4, -0.2) is 40.3 Å². The first-order chi connectivity index (χ1) is 14.2. The molecule has 0 radical (unpaired) electrons. The molecule has 0 aliphatic heterocycles. The van der Waals surface area contributed by atoms with Crippen molar-refractivity contribution >= 4 is 21.6 Å². The molecule has 0 bridgehead atoms. The summed E-state index contributed by atoms with van der Waals surface area (Å²) in [5, 5.41) is 2.82. The summed E-state index contributed by atoms with van der Waals surface area (Å²) in [6, 6.07) is 13.4. The Bertz CT molecular complexity index is 940. The molecular weight excluding hydrogens is 400 g/mol. The third-order valence-electron chi connectivity index (χ3n) is 5.03. The van der Waals surface area contributed by atoms with E-state index in [2.05, 4.69) is 12.2 Å². The highest BCUT2D eigenvalue weighted by Crippen LogP contribution is 2.21. The quantitative estimate of drug-likeness (QED) is 0.551. The lowest BCUT2D eigenvalue weighted by atomic mass is 10.1. The van der Waals surface area contributed by atoms with Gasteiger partial charge in [-0.2, -0.15) is 0 Å². The molecule has 7 heteroatoms. The van der Waals surface area contributed by atoms with E-state index in [0.717, 1.165) is 28.9 Å². The lowest BCUT2D eigenvalue weighted by molar-refractivity contribution is -0.121. The van der Waals surface area contributed by atoms with Crippen LogP contribution in [0.3, 0.4) is 0 Å². The number of anilines is 1. The molecule has 2 aromatic rings. The largest absolute Gasteiger partial charge is 0.491 e. The van der Waals surface area contributed by atoms with Crippen molar-refractivity contribution in [1.29, 1.82) is 0 Å². The van der Waals surface area contributed by atoms with Crippen LogP contribution < -0.4 is 14.4 Å². The van der Waals surface area contributed by atoms with Crippen LogP contribution in [0, 0.1) is 13.8 Å². The second-order valence-corrected chi connectivity index (χ2v) is 9.26. The Morgan fingerprint density at radius 1 is 1.10 bits per heavy atom. The number of nitrogens with one attached hydrogen (secondary N) is 1. The normalized spacial score (nSPS) is 11.2. The lowest BCUT2D eigenvalue weighted by Gasteiger charge is -2.22. The van der Waals surface area contributed by atoms with Crippen LogP contribution in [0.4, 0.5) is 5.69 Å². The minimum atomic E-state index is -3.41. The van der Waals surface area contributed by atoms with E-state index < -0.39 is 10.0 Å². The van der Waals surface area contributed by atoms with Crippen LogP contribution in [0.1, 0.15) is 36.5 Å². The fraction of sp³-hybridized carbons (Fsp3) is 0.435. The Balaban J connectivity index is 1.77. The summed E-state index contributed by atoms with van der Waals surface area (Å²) in [6.45, 7) is 7.13. The number of amides is 1. The molecule has 0 atom stereocenters. The number of carbonyl (C=O) groups is 1. The highest BCUT2D eigenvalue weighted by atomic mass is 32.2. The molecule has 6 nitrogen and oxygen atoms in total. The average Bonchev–Trinajstić information content (AvgIpc) is 2.71. The van der Waals surface area contributed by atoms with Crippen molar-refractivity contribution < 1.29 is 17.9 Å². The summed E-state index contributed by atoms with van der Waals surface area (Å²) in [5.74, 6) is 0.705. The second-order valence-electron chi connectivity index (χ2n) is 7.36. The van der Waals surface area contributed by atoms with Gasteiger partial charge < -0.3 is 10.1 Å². The van der Waals surface area contributed by atoms with Crippen molar-refractivity contribution in [3.05, 3.63) is 59.2 Å². The zero-order valence-electron chi connectivity index (χ0n) is 18.3. The fourth-order valence-corrected chi connectivity index (χ4v) is 4.05. The number of carbonyl (C=O) groups excluding carboxylic acids is 1. The minimum absolute atomic E-state index is 0.116. The standard InChI is InChI=1S/C23H32N2O4S/c1-5-20-11-13-21(14-12-20)25(30(4,27)28)16-7-10-23(26)24-15-17-29-22-9-6-8-18(2)19(22)3/h6,8-9,11-14H,5,7,10,15-17H2,1-4H3,(H,24,26). The lowest BCUT2D eigenvalue weighted by Crippen LogP contribution is -2.33. The summed E-state index contributed by atoms with van der Waals surface area (Å²) in [5.41, 5.74) is 4.03. The zero-order chi connectivity index (χ0) is 22.1. The molecule has 0 aliphatic rings. The predicted octanol–water partition coefficient (Wildman–Crippen LogP) is 3.61. The maximum Gasteiger partial charge on any atom is 0.232 e. The summed E-state index contributed by atoms with van der Waals surface area (Å²) in [4.78, 5) is 12.1. The van der Waals surface area contributed by atoms with Gasteiger partial charge in [-0.05, 0) is 61.6 Å². The number of rotatable bonds is 11. The molecule has 164 valence electrons. The van der Waals surface area contributed by atoms with E-state index in [1.54, 1.807) is 0 Å². The maximum atomic E-state index is 12.2. The number of hydrogen-bond donors (Lipinski definition) is 1. The molecule has 0 heterocycles. The molecule has 0 spiro atoms. The van der Waals surface area contributed by atoms with Gasteiger partial charge in [0.25, 0.3) is 0 Å². The first-order valence-corrected chi connectivity index (χ1v) is 12.1. The van der Waals surface area contributed by atoms with Gasteiger partial charge in [0.1, 0.15) is 12.4 Å². The number of hydrogen-bond acceptors (Lipinski definition) is 4. The summed E-state index contributed by atoms with van der Waals surface area (Å²) in [6.07, 6.45) is 2.77. The van der Waals surface area contributed by atoms with Gasteiger partial charge in [-0.3, -0.25) is 9.10 Å². The minimum Gasteiger partial charge on any atom is -0.491 e. The fourth-order valence-electron chi connectivity index (χ4n) is 3.09. The smallest absolute Gasteiger partial charge is 0.232 e. The third kappa shape index (κ3) is 7.06. The first-order valence-electron chi connectivity index (χ1n) is 10.2. The SMILES string of the molecule is CCc1ccc(N(CCCC(=O)NCCOc2cccc(C)c2C)S(C)(=O)=O)cc1. The van der Waals surface area contributed by atoms with Crippen LogP contribution in [0.15, 0.2) is 42.5 Å². The Labute approximate surface area is 180 Å². The summed E-state index contributed by atoms with van der Waals surface area (Å²) in [7, 11) is -3.41. The van der Waals surface area contributed by atoms with E-state index >= 15 is 0 Å². The van der Waals surface area contributed by atoms with Crippen LogP contribution in [0.2, 0.25) is 0 Å². The van der Waals surface area contributed by atoms with Gasteiger partial charge in [-0.15, -0.1) is 0 Å². The van der Waals surface area contributed by atoms with Crippen molar-refractivity contribution in [2.75, 3.05) is 30.3 Å². The van der Waals surface area contributed by atoms with Gasteiger partial charge in [0, 0.05) is 13.0 Å². The van der Waals surface area contributed by atoms with E-state index in [1.165, 1.54) is 10.6 Å². The Hall–Kier alpha value is -2.54. The van der Waals surface area contributed by atoms with Gasteiger partial charge in [-0.25, -0.2) is 8.42 Å². The van der Waals surface area contributed by atoms with Crippen molar-refractivity contribution in [2.45, 2.75) is 40.0 Å². The number of sulfonamides is 1. The molecule has 0 unspecified atom stereocenters. The zero-order valence-corrected chi connectivity index (χ0v) is 19.1. The van der Waals surface area contributed by atoms with E-state index in [4.69, 9.17) is 4.74 Å². The van der Waals surface area contributed by atoms with E-state index in [0.29, 0.717) is 25.3 Å². The van der Waals surface area contributed by atoms with Crippen molar-refractivity contribution in [1.82, 2.24) is 5.32 Å². The Morgan fingerprint density at radius 2 is 1.80 bits per heavy atom. The van der Waals surface area contributed by atoms with Crippen LogP contribution in [0.5, 0.6) is 5.75 Å². The van der Waals surface area contributed by atoms with Gasteiger partial charge in [0.2, 0.25) is 15.9 Å². The molecule has 2 aromatic carbocycles. The number of nitrogens with zero attached hydrogens (tertiary/aromatic N) is 1. The predicted molar refractivity (Wildman–Crippen MR) is 122 cm³/mol. The van der Waals surface area contributed by atoms with E-state index in [-0.39, 0.29) is 18.9 Å². The maximum absolute atomic E-state index is 12.2. The first kappa shape index (κ1) is 23.7. The third-order valence-corrected chi connectivity index (χ3v) is 6.23. The van der Waals surface area contributed by atoms with Crippen molar-refractivity contribution in [3.63, 3.8) is 0 Å². The average molecular weight is 433 g/mol. The topological polar surface area (TPSA) is 75.7 Å². The number of aryl methyl sites for hydroxylation is 2. The van der Waals surface area contributed by atoms with Gasteiger partial charge in [0.05, 0.1) is 18.5 Å². The molecule has 0 aromatic heterocycles. The highest BCUT2D eigenvalue weighted by Gasteiger charge is 2.17. The molecule has 1 N–H and O–H groups in total. The molecule has 2 rings (SSSR count). The molecule has 0 saturated carbocycles. The van der Waals surface area contributed by atoms with Crippen LogP contribution in [-0.2, 0) is 21.2 Å². The van der Waals surface area contributed by atoms with E-state index in [9.17, 15) is 13.2 Å². The summed E-state index contributed by atoms with van der Waals surface area (Å²) >= 11 is 0.